The normalized spacial score (nSPS) is 11.2. The van der Waals surface area contributed by atoms with Crippen LogP contribution in [-0.2, 0) is 15.8 Å². The van der Waals surface area contributed by atoms with Crippen molar-refractivity contribution in [3.8, 4) is 0 Å². The van der Waals surface area contributed by atoms with Gasteiger partial charge >= 0.3 is 0 Å². The molecule has 1 aromatic carbocycles. The third-order valence-electron chi connectivity index (χ3n) is 3.60. The number of hydrogen-bond acceptors (Lipinski definition) is 7. The Kier molecular flexibility index (Phi) is 6.45. The second-order valence-electron chi connectivity index (χ2n) is 5.88. The predicted octanol–water partition coefficient (Wildman–Crippen LogP) is 2.29. The van der Waals surface area contributed by atoms with E-state index in [-0.39, 0.29) is 12.3 Å². The molecule has 3 rings (SSSR count). The molecule has 3 N–H and O–H groups in total. The molecular weight excluding hydrogens is 383 g/mol. The number of rotatable bonds is 9. The van der Waals surface area contributed by atoms with Crippen LogP contribution in [-0.4, -0.2) is 36.7 Å². The number of sulfonamides is 1. The lowest BCUT2D eigenvalue weighted by molar-refractivity contribution is 0.581. The van der Waals surface area contributed by atoms with E-state index in [1.54, 1.807) is 36.7 Å². The molecule has 3 aromatic rings. The van der Waals surface area contributed by atoms with Gasteiger partial charge in [-0.25, -0.2) is 17.5 Å². The van der Waals surface area contributed by atoms with Gasteiger partial charge in [0.05, 0.1) is 17.6 Å². The van der Waals surface area contributed by atoms with Crippen molar-refractivity contribution in [1.82, 2.24) is 19.9 Å². The fraction of sp³-hybridized carbons (Fsp3) is 0.167. The highest BCUT2D eigenvalue weighted by molar-refractivity contribution is 7.88. The highest BCUT2D eigenvalue weighted by Gasteiger charge is 2.11. The van der Waals surface area contributed by atoms with Gasteiger partial charge in [-0.2, -0.15) is 0 Å². The summed E-state index contributed by atoms with van der Waals surface area (Å²) in [6, 6.07) is 12.7. The smallest absolute Gasteiger partial charge is 0.215 e. The maximum atomic E-state index is 13.1. The van der Waals surface area contributed by atoms with E-state index >= 15 is 0 Å². The second-order valence-corrected chi connectivity index (χ2v) is 7.69. The van der Waals surface area contributed by atoms with Crippen LogP contribution < -0.4 is 15.4 Å². The summed E-state index contributed by atoms with van der Waals surface area (Å²) in [4.78, 5) is 4.00. The Balaban J connectivity index is 1.43. The number of nitrogens with one attached hydrogen (secondary N) is 3. The van der Waals surface area contributed by atoms with Crippen LogP contribution in [0.3, 0.4) is 0 Å². The van der Waals surface area contributed by atoms with Crippen LogP contribution in [0.2, 0.25) is 0 Å². The average Bonchev–Trinajstić information content (AvgIpc) is 2.67. The molecule has 2 heterocycles. The molecule has 0 atom stereocenters. The molecule has 0 aliphatic rings. The summed E-state index contributed by atoms with van der Waals surface area (Å²) in [5.41, 5.74) is 1.19. The van der Waals surface area contributed by atoms with Gasteiger partial charge in [-0.05, 0) is 42.0 Å². The topological polar surface area (TPSA) is 109 Å². The zero-order chi connectivity index (χ0) is 19.8. The molecule has 0 bridgehead atoms. The van der Waals surface area contributed by atoms with Gasteiger partial charge in [0.15, 0.2) is 5.82 Å². The first kappa shape index (κ1) is 19.6. The molecule has 10 heteroatoms. The van der Waals surface area contributed by atoms with Crippen molar-refractivity contribution in [2.75, 3.05) is 23.7 Å². The molecule has 28 heavy (non-hydrogen) atoms. The number of pyridine rings is 1. The minimum Gasteiger partial charge on any atom is -0.367 e. The van der Waals surface area contributed by atoms with Gasteiger partial charge in [-0.3, -0.25) is 4.98 Å². The Morgan fingerprint density at radius 3 is 2.50 bits per heavy atom. The number of anilines is 3. The fourth-order valence-electron chi connectivity index (χ4n) is 2.37. The van der Waals surface area contributed by atoms with Gasteiger partial charge in [-0.15, -0.1) is 10.2 Å². The molecule has 0 fully saturated rings. The van der Waals surface area contributed by atoms with Crippen LogP contribution >= 0.6 is 0 Å². The number of halogens is 1. The zero-order valence-electron chi connectivity index (χ0n) is 14.8. The minimum absolute atomic E-state index is 0.162. The molecule has 0 aliphatic heterocycles. The van der Waals surface area contributed by atoms with Crippen molar-refractivity contribution in [3.05, 3.63) is 72.3 Å². The monoisotopic (exact) mass is 402 g/mol. The van der Waals surface area contributed by atoms with E-state index < -0.39 is 15.8 Å². The Bertz CT molecular complexity index is 1000. The number of benzene rings is 1. The van der Waals surface area contributed by atoms with Crippen LogP contribution in [0.25, 0.3) is 0 Å². The zero-order valence-corrected chi connectivity index (χ0v) is 15.7. The van der Waals surface area contributed by atoms with Crippen LogP contribution in [0.1, 0.15) is 5.56 Å². The Hall–Kier alpha value is -3.11. The molecule has 146 valence electrons. The van der Waals surface area contributed by atoms with Crippen molar-refractivity contribution >= 4 is 27.3 Å². The van der Waals surface area contributed by atoms with E-state index in [1.807, 2.05) is 6.07 Å². The quantitative estimate of drug-likeness (QED) is 0.471. The van der Waals surface area contributed by atoms with E-state index in [0.29, 0.717) is 23.7 Å². The number of hydrogen-bond donors (Lipinski definition) is 3. The SMILES string of the molecule is O=S(=O)(Cc1cccc(F)c1)NCCNc1ccc(Nc2cccnc2)nn1. The van der Waals surface area contributed by atoms with Gasteiger partial charge in [0.25, 0.3) is 0 Å². The average molecular weight is 402 g/mol. The predicted molar refractivity (Wildman–Crippen MR) is 105 cm³/mol. The molecule has 0 unspecified atom stereocenters. The van der Waals surface area contributed by atoms with Crippen molar-refractivity contribution < 1.29 is 12.8 Å². The van der Waals surface area contributed by atoms with E-state index in [4.69, 9.17) is 0 Å². The number of nitrogens with zero attached hydrogens (tertiary/aromatic N) is 3. The first-order chi connectivity index (χ1) is 13.5. The van der Waals surface area contributed by atoms with E-state index in [9.17, 15) is 12.8 Å². The molecule has 0 radical (unpaired) electrons. The summed E-state index contributed by atoms with van der Waals surface area (Å²) in [6.45, 7) is 0.488. The molecule has 0 spiro atoms. The maximum Gasteiger partial charge on any atom is 0.215 e. The summed E-state index contributed by atoms with van der Waals surface area (Å²) in [5, 5.41) is 14.1. The van der Waals surface area contributed by atoms with Gasteiger partial charge in [0.1, 0.15) is 11.6 Å². The van der Waals surface area contributed by atoms with Crippen LogP contribution in [0.5, 0.6) is 0 Å². The van der Waals surface area contributed by atoms with Crippen LogP contribution in [0.4, 0.5) is 21.7 Å². The first-order valence-corrected chi connectivity index (χ1v) is 10.1. The Morgan fingerprint density at radius 2 is 1.79 bits per heavy atom. The standard InChI is InChI=1S/C18H19FN6O2S/c19-15-4-1-3-14(11-15)13-28(26,27)22-10-9-21-17-6-7-18(25-24-17)23-16-5-2-8-20-12-16/h1-8,11-12,22H,9-10,13H2,(H,21,24)(H,23,25). The van der Waals surface area contributed by atoms with Crippen LogP contribution in [0.15, 0.2) is 60.9 Å². The van der Waals surface area contributed by atoms with Gasteiger partial charge in [0.2, 0.25) is 10.0 Å². The third kappa shape index (κ3) is 6.25. The van der Waals surface area contributed by atoms with Crippen molar-refractivity contribution in [1.29, 1.82) is 0 Å². The van der Waals surface area contributed by atoms with E-state index in [1.165, 1.54) is 18.2 Å². The van der Waals surface area contributed by atoms with Crippen molar-refractivity contribution in [3.63, 3.8) is 0 Å². The van der Waals surface area contributed by atoms with Gasteiger partial charge < -0.3 is 10.6 Å². The molecule has 0 saturated heterocycles. The van der Waals surface area contributed by atoms with Gasteiger partial charge in [-0.1, -0.05) is 12.1 Å². The highest BCUT2D eigenvalue weighted by Crippen LogP contribution is 2.13. The molecule has 0 aliphatic carbocycles. The van der Waals surface area contributed by atoms with Crippen LogP contribution in [0, 0.1) is 5.82 Å². The Morgan fingerprint density at radius 1 is 0.964 bits per heavy atom. The van der Waals surface area contributed by atoms with E-state index in [0.717, 1.165) is 5.69 Å². The Labute approximate surface area is 162 Å². The second kappa shape index (κ2) is 9.20. The van der Waals surface area contributed by atoms with Crippen molar-refractivity contribution in [2.24, 2.45) is 0 Å². The molecule has 0 saturated carbocycles. The van der Waals surface area contributed by atoms with E-state index in [2.05, 4.69) is 30.5 Å². The summed E-state index contributed by atoms with van der Waals surface area (Å²) in [5.74, 6) is 0.337. The third-order valence-corrected chi connectivity index (χ3v) is 4.95. The lowest BCUT2D eigenvalue weighted by Gasteiger charge is -2.09. The minimum atomic E-state index is -3.56. The largest absolute Gasteiger partial charge is 0.367 e. The lowest BCUT2D eigenvalue weighted by Crippen LogP contribution is -2.30. The molecule has 2 aromatic heterocycles. The van der Waals surface area contributed by atoms with Gasteiger partial charge in [0, 0.05) is 19.3 Å². The number of aromatic nitrogens is 3. The summed E-state index contributed by atoms with van der Waals surface area (Å²) < 4.78 is 39.7. The molecule has 0 amide bonds. The summed E-state index contributed by atoms with van der Waals surface area (Å²) in [6.07, 6.45) is 3.35. The summed E-state index contributed by atoms with van der Waals surface area (Å²) in [7, 11) is -3.56. The van der Waals surface area contributed by atoms with Crippen molar-refractivity contribution in [2.45, 2.75) is 5.75 Å². The lowest BCUT2D eigenvalue weighted by atomic mass is 10.2. The molecule has 8 nitrogen and oxygen atoms in total. The summed E-state index contributed by atoms with van der Waals surface area (Å²) >= 11 is 0. The maximum absolute atomic E-state index is 13.1. The highest BCUT2D eigenvalue weighted by atomic mass is 32.2. The molecular formula is C18H19FN6O2S. The first-order valence-electron chi connectivity index (χ1n) is 8.47. The fourth-order valence-corrected chi connectivity index (χ4v) is 3.51.